The molecule has 2 aromatic carbocycles. The van der Waals surface area contributed by atoms with Crippen LogP contribution in [-0.2, 0) is 6.42 Å². The standard InChI is InChI=1S/C22H26O5.C17H18ClNO2S/c1-6-7-13-10-15(23)26-21-16(13)20-14(8-9-22(4,5)27-20)19-17(21)18(24)11(2)12(3)25-19;1-11(2)6-8-21-16-10-13(4-5-15(16)18)19-17(22)14-7-9-20-12(14)3/h8-12,18,24H,6-7H2,1-5H3;4-7,9-10H,8H2,1-3H3,(H,19,22)/t11-,12-,18+;/m1./s1. The van der Waals surface area contributed by atoms with Gasteiger partial charge in [0.15, 0.2) is 5.58 Å². The summed E-state index contributed by atoms with van der Waals surface area (Å²) < 4.78 is 29.1. The fourth-order valence-electron chi connectivity index (χ4n) is 5.79. The van der Waals surface area contributed by atoms with Crippen LogP contribution in [-0.4, -0.2) is 28.4 Å². The third kappa shape index (κ3) is 7.90. The van der Waals surface area contributed by atoms with Crippen LogP contribution in [0.2, 0.25) is 5.02 Å². The van der Waals surface area contributed by atoms with Gasteiger partial charge < -0.3 is 33.5 Å². The minimum atomic E-state index is -0.778. The summed E-state index contributed by atoms with van der Waals surface area (Å²) in [6, 6.07) is 8.86. The lowest BCUT2D eigenvalue weighted by Crippen LogP contribution is -2.34. The van der Waals surface area contributed by atoms with Crippen molar-refractivity contribution in [3.8, 4) is 17.2 Å². The number of thiocarbonyl (C=S) groups is 1. The van der Waals surface area contributed by atoms with Crippen LogP contribution in [0, 0.1) is 12.8 Å². The van der Waals surface area contributed by atoms with Crippen molar-refractivity contribution in [3.05, 3.63) is 97.8 Å². The average Bonchev–Trinajstić information content (AvgIpc) is 3.46. The van der Waals surface area contributed by atoms with Crippen molar-refractivity contribution >= 4 is 51.5 Å². The van der Waals surface area contributed by atoms with Gasteiger partial charge in [0, 0.05) is 23.7 Å². The molecule has 0 radical (unpaired) electrons. The van der Waals surface area contributed by atoms with Gasteiger partial charge in [-0.25, -0.2) is 4.79 Å². The van der Waals surface area contributed by atoms with E-state index >= 15 is 0 Å². The lowest BCUT2D eigenvalue weighted by Gasteiger charge is -2.37. The molecule has 2 aliphatic rings. The maximum absolute atomic E-state index is 12.3. The first-order chi connectivity index (χ1) is 23.2. The van der Waals surface area contributed by atoms with Gasteiger partial charge in [0.1, 0.15) is 46.3 Å². The molecule has 2 N–H and O–H groups in total. The molecule has 6 rings (SSSR count). The SMILES string of the molecule is CC(C)=CCOc1cc(NC(=S)c2ccoc2C)ccc1Cl.CCCc1cc(=O)oc2c3c(c4c(c12)OC(C)(C)C=C4)O[C@H](C)[C@@H](C)[C@@H]3O. The zero-order valence-corrected chi connectivity index (χ0v) is 30.8. The fraction of sp³-hybridized carbons (Fsp3) is 0.385. The highest BCUT2D eigenvalue weighted by atomic mass is 35.5. The second-order valence-electron chi connectivity index (χ2n) is 13.3. The maximum Gasteiger partial charge on any atom is 0.336 e. The van der Waals surface area contributed by atoms with E-state index in [2.05, 4.69) is 12.2 Å². The molecule has 0 bridgehead atoms. The Hall–Kier alpha value is -4.05. The molecule has 8 nitrogen and oxygen atoms in total. The van der Waals surface area contributed by atoms with Gasteiger partial charge in [-0.1, -0.05) is 49.7 Å². The molecule has 0 saturated heterocycles. The number of allylic oxidation sites excluding steroid dienone is 1. The molecule has 260 valence electrons. The molecule has 0 aliphatic carbocycles. The summed E-state index contributed by atoms with van der Waals surface area (Å²) in [7, 11) is 0. The van der Waals surface area contributed by atoms with Crippen LogP contribution >= 0.6 is 23.8 Å². The number of anilines is 1. The highest BCUT2D eigenvalue weighted by Crippen LogP contribution is 2.52. The lowest BCUT2D eigenvalue weighted by molar-refractivity contribution is 0.0173. The summed E-state index contributed by atoms with van der Waals surface area (Å²) in [5.74, 6) is 2.50. The molecule has 0 amide bonds. The third-order valence-electron chi connectivity index (χ3n) is 8.65. The number of aryl methyl sites for hydroxylation is 2. The van der Waals surface area contributed by atoms with E-state index in [-0.39, 0.29) is 12.0 Å². The number of benzene rings is 2. The van der Waals surface area contributed by atoms with Crippen molar-refractivity contribution in [3.63, 3.8) is 0 Å². The molecule has 0 saturated carbocycles. The number of halogens is 1. The minimum absolute atomic E-state index is 0.121. The van der Waals surface area contributed by atoms with Gasteiger partial charge >= 0.3 is 5.63 Å². The summed E-state index contributed by atoms with van der Waals surface area (Å²) in [4.78, 5) is 12.9. The Morgan fingerprint density at radius 3 is 2.59 bits per heavy atom. The Kier molecular flexibility index (Phi) is 11.0. The lowest BCUT2D eigenvalue weighted by atomic mass is 9.85. The maximum atomic E-state index is 12.3. The monoisotopic (exact) mass is 705 g/mol. The molecule has 4 aromatic rings. The van der Waals surface area contributed by atoms with Crippen LogP contribution in [0.5, 0.6) is 17.2 Å². The first-order valence-electron chi connectivity index (χ1n) is 16.5. The molecular formula is C39H44ClNO7S. The second-order valence-corrected chi connectivity index (χ2v) is 14.1. The van der Waals surface area contributed by atoms with Gasteiger partial charge in [-0.3, -0.25) is 0 Å². The number of fused-ring (bicyclic) bond motifs is 6. The van der Waals surface area contributed by atoms with E-state index in [0.717, 1.165) is 46.4 Å². The van der Waals surface area contributed by atoms with Crippen LogP contribution in [0.15, 0.2) is 67.9 Å². The van der Waals surface area contributed by atoms with E-state index < -0.39 is 17.3 Å². The fourth-order valence-corrected chi connectivity index (χ4v) is 6.29. The minimum Gasteiger partial charge on any atom is -0.489 e. The number of hydrogen-bond acceptors (Lipinski definition) is 8. The van der Waals surface area contributed by atoms with Gasteiger partial charge in [0.2, 0.25) is 0 Å². The summed E-state index contributed by atoms with van der Waals surface area (Å²) in [5, 5.41) is 15.5. The van der Waals surface area contributed by atoms with E-state index in [9.17, 15) is 9.90 Å². The number of aliphatic hydroxyl groups excluding tert-OH is 1. The molecule has 0 spiro atoms. The van der Waals surface area contributed by atoms with E-state index in [0.29, 0.717) is 45.0 Å². The molecule has 10 heteroatoms. The number of rotatable bonds is 7. The zero-order chi connectivity index (χ0) is 35.6. The Labute approximate surface area is 297 Å². The molecule has 0 unspecified atom stereocenters. The van der Waals surface area contributed by atoms with Crippen molar-refractivity contribution in [2.45, 2.75) is 86.0 Å². The average molecular weight is 706 g/mol. The van der Waals surface area contributed by atoms with Crippen LogP contribution in [0.1, 0.15) is 89.0 Å². The van der Waals surface area contributed by atoms with E-state index in [1.54, 1.807) is 12.3 Å². The first-order valence-corrected chi connectivity index (χ1v) is 17.3. The quantitative estimate of drug-likeness (QED) is 0.110. The summed E-state index contributed by atoms with van der Waals surface area (Å²) in [6.07, 6.45) is 8.26. The van der Waals surface area contributed by atoms with Crippen molar-refractivity contribution in [2.75, 3.05) is 11.9 Å². The largest absolute Gasteiger partial charge is 0.489 e. The molecular weight excluding hydrogens is 662 g/mol. The number of hydrogen-bond donors (Lipinski definition) is 2. The number of nitrogens with one attached hydrogen (secondary N) is 1. The van der Waals surface area contributed by atoms with Gasteiger partial charge in [-0.2, -0.15) is 0 Å². The molecule has 4 heterocycles. The number of furan rings is 1. The van der Waals surface area contributed by atoms with Gasteiger partial charge in [0.05, 0.1) is 39.5 Å². The molecule has 2 aromatic heterocycles. The first kappa shape index (κ1) is 36.2. The highest BCUT2D eigenvalue weighted by Gasteiger charge is 2.39. The second kappa shape index (κ2) is 14.8. The van der Waals surface area contributed by atoms with Gasteiger partial charge in [-0.05, 0) is 90.0 Å². The van der Waals surface area contributed by atoms with Crippen LogP contribution in [0.25, 0.3) is 17.0 Å². The molecule has 2 aliphatic heterocycles. The van der Waals surface area contributed by atoms with Crippen LogP contribution in [0.3, 0.4) is 0 Å². The Morgan fingerprint density at radius 1 is 1.16 bits per heavy atom. The van der Waals surface area contributed by atoms with Crippen LogP contribution in [0.4, 0.5) is 5.69 Å². The highest BCUT2D eigenvalue weighted by molar-refractivity contribution is 7.81. The van der Waals surface area contributed by atoms with E-state index in [4.69, 9.17) is 46.9 Å². The van der Waals surface area contributed by atoms with Crippen molar-refractivity contribution in [1.82, 2.24) is 0 Å². The molecule has 49 heavy (non-hydrogen) atoms. The van der Waals surface area contributed by atoms with E-state index in [1.807, 2.05) is 84.9 Å². The number of aliphatic hydroxyl groups is 1. The predicted octanol–water partition coefficient (Wildman–Crippen LogP) is 9.75. The number of ether oxygens (including phenoxy) is 3. The normalized spacial score (nSPS) is 18.6. The smallest absolute Gasteiger partial charge is 0.336 e. The summed E-state index contributed by atoms with van der Waals surface area (Å²) in [6.45, 7) is 16.3. The molecule has 0 fully saturated rings. The Balaban J connectivity index is 0.000000196. The van der Waals surface area contributed by atoms with Crippen molar-refractivity contribution in [1.29, 1.82) is 0 Å². The van der Waals surface area contributed by atoms with Crippen molar-refractivity contribution < 1.29 is 28.2 Å². The third-order valence-corrected chi connectivity index (χ3v) is 9.28. The van der Waals surface area contributed by atoms with Gasteiger partial charge in [0.25, 0.3) is 0 Å². The van der Waals surface area contributed by atoms with Gasteiger partial charge in [-0.15, -0.1) is 0 Å². The molecule has 3 atom stereocenters. The Morgan fingerprint density at radius 2 is 1.92 bits per heavy atom. The summed E-state index contributed by atoms with van der Waals surface area (Å²) >= 11 is 11.5. The Bertz CT molecular complexity index is 1990. The predicted molar refractivity (Wildman–Crippen MR) is 200 cm³/mol. The summed E-state index contributed by atoms with van der Waals surface area (Å²) in [5.41, 5.74) is 4.61. The zero-order valence-electron chi connectivity index (χ0n) is 29.2. The van der Waals surface area contributed by atoms with E-state index in [1.165, 1.54) is 11.6 Å². The topological polar surface area (TPSA) is 103 Å². The van der Waals surface area contributed by atoms with Crippen LogP contribution < -0.4 is 25.2 Å². The van der Waals surface area contributed by atoms with Crippen molar-refractivity contribution in [2.24, 2.45) is 5.92 Å².